The minimum absolute atomic E-state index is 0.175. The van der Waals surface area contributed by atoms with Crippen LogP contribution in [0.25, 0.3) is 0 Å². The standard InChI is InChI=1S/C15H15FN2O3/c1-2-3-4-8-18-14(20)12(13(19)17-15(18)21)10-6-5-7-11(16)9-10/h2-3,5-7,9,12H,4,8H2,1H3,(H,17,19,21)/b3-2+. The van der Waals surface area contributed by atoms with Crippen LogP contribution in [0.2, 0.25) is 0 Å². The molecule has 6 heteroatoms. The first-order valence-corrected chi connectivity index (χ1v) is 6.57. The van der Waals surface area contributed by atoms with Crippen molar-refractivity contribution in [2.75, 3.05) is 6.54 Å². The van der Waals surface area contributed by atoms with E-state index in [1.54, 1.807) is 0 Å². The normalized spacial score (nSPS) is 19.2. The zero-order valence-electron chi connectivity index (χ0n) is 11.5. The molecule has 0 bridgehead atoms. The van der Waals surface area contributed by atoms with E-state index in [1.165, 1.54) is 18.2 Å². The molecule has 1 aromatic rings. The smallest absolute Gasteiger partial charge is 0.277 e. The summed E-state index contributed by atoms with van der Waals surface area (Å²) in [5.41, 5.74) is 0.237. The lowest BCUT2D eigenvalue weighted by atomic mass is 9.95. The third kappa shape index (κ3) is 3.16. The number of nitrogens with zero attached hydrogens (tertiary/aromatic N) is 1. The van der Waals surface area contributed by atoms with Crippen LogP contribution >= 0.6 is 0 Å². The highest BCUT2D eigenvalue weighted by atomic mass is 19.1. The molecule has 1 aliphatic rings. The number of benzene rings is 1. The van der Waals surface area contributed by atoms with Crippen LogP contribution in [-0.2, 0) is 9.59 Å². The highest BCUT2D eigenvalue weighted by Gasteiger charge is 2.40. The molecule has 5 nitrogen and oxygen atoms in total. The number of barbiturate groups is 1. The van der Waals surface area contributed by atoms with Crippen molar-refractivity contribution < 1.29 is 18.8 Å². The van der Waals surface area contributed by atoms with Gasteiger partial charge in [-0.3, -0.25) is 19.8 Å². The Morgan fingerprint density at radius 3 is 2.76 bits per heavy atom. The van der Waals surface area contributed by atoms with E-state index in [4.69, 9.17) is 0 Å². The Morgan fingerprint density at radius 1 is 1.33 bits per heavy atom. The van der Waals surface area contributed by atoms with Crippen LogP contribution in [-0.4, -0.2) is 29.3 Å². The first-order chi connectivity index (χ1) is 10.0. The number of amides is 4. The number of carbonyl (C=O) groups is 3. The first kappa shape index (κ1) is 14.9. The fraction of sp³-hybridized carbons (Fsp3) is 0.267. The van der Waals surface area contributed by atoms with Gasteiger partial charge in [-0.15, -0.1) is 0 Å². The van der Waals surface area contributed by atoms with Crippen molar-refractivity contribution >= 4 is 17.8 Å². The second-order valence-electron chi connectivity index (χ2n) is 4.63. The molecule has 1 fully saturated rings. The van der Waals surface area contributed by atoms with Gasteiger partial charge in [-0.05, 0) is 31.0 Å². The maximum absolute atomic E-state index is 13.3. The molecule has 2 rings (SSSR count). The molecule has 1 saturated heterocycles. The van der Waals surface area contributed by atoms with Crippen molar-refractivity contribution in [3.05, 3.63) is 47.8 Å². The average molecular weight is 290 g/mol. The van der Waals surface area contributed by atoms with Gasteiger partial charge in [-0.1, -0.05) is 24.3 Å². The number of carbonyl (C=O) groups excluding carboxylic acids is 3. The van der Waals surface area contributed by atoms with Crippen molar-refractivity contribution in [1.29, 1.82) is 0 Å². The summed E-state index contributed by atoms with van der Waals surface area (Å²) in [6.45, 7) is 2.01. The molecule has 1 unspecified atom stereocenters. The Hall–Kier alpha value is -2.50. The van der Waals surface area contributed by atoms with Crippen molar-refractivity contribution in [3.63, 3.8) is 0 Å². The van der Waals surface area contributed by atoms with E-state index in [2.05, 4.69) is 5.32 Å². The molecule has 1 aliphatic heterocycles. The highest BCUT2D eigenvalue weighted by Crippen LogP contribution is 2.23. The summed E-state index contributed by atoms with van der Waals surface area (Å²) in [5.74, 6) is -3.08. The lowest BCUT2D eigenvalue weighted by Crippen LogP contribution is -2.56. The Morgan fingerprint density at radius 2 is 2.10 bits per heavy atom. The number of allylic oxidation sites excluding steroid dienone is 1. The number of nitrogens with one attached hydrogen (secondary N) is 1. The summed E-state index contributed by atoms with van der Waals surface area (Å²) in [6, 6.07) is 4.53. The zero-order chi connectivity index (χ0) is 15.4. The topological polar surface area (TPSA) is 66.5 Å². The summed E-state index contributed by atoms with van der Waals surface area (Å²) < 4.78 is 13.3. The van der Waals surface area contributed by atoms with Gasteiger partial charge in [0.05, 0.1) is 0 Å². The lowest BCUT2D eigenvalue weighted by Gasteiger charge is -2.30. The number of halogens is 1. The lowest BCUT2D eigenvalue weighted by molar-refractivity contribution is -0.138. The van der Waals surface area contributed by atoms with Gasteiger partial charge in [0.2, 0.25) is 11.8 Å². The molecule has 0 radical (unpaired) electrons. The number of urea groups is 1. The van der Waals surface area contributed by atoms with Crippen LogP contribution in [0, 0.1) is 5.82 Å². The molecule has 0 spiro atoms. The molecule has 1 atom stereocenters. The minimum Gasteiger partial charge on any atom is -0.277 e. The van der Waals surface area contributed by atoms with E-state index < -0.39 is 29.6 Å². The molecule has 0 aromatic heterocycles. The Kier molecular flexibility index (Phi) is 4.47. The van der Waals surface area contributed by atoms with Gasteiger partial charge in [0.15, 0.2) is 0 Å². The Bertz CT molecular complexity index is 613. The summed E-state index contributed by atoms with van der Waals surface area (Å²) >= 11 is 0. The van der Waals surface area contributed by atoms with Crippen molar-refractivity contribution in [1.82, 2.24) is 10.2 Å². The van der Waals surface area contributed by atoms with Gasteiger partial charge in [-0.2, -0.15) is 0 Å². The van der Waals surface area contributed by atoms with Crippen LogP contribution in [0.1, 0.15) is 24.8 Å². The summed E-state index contributed by atoms with van der Waals surface area (Å²) in [7, 11) is 0. The molecule has 110 valence electrons. The molecular formula is C15H15FN2O3. The fourth-order valence-corrected chi connectivity index (χ4v) is 2.18. The average Bonchev–Trinajstić information content (AvgIpc) is 2.42. The van der Waals surface area contributed by atoms with Gasteiger partial charge in [0, 0.05) is 6.54 Å². The molecule has 1 N–H and O–H groups in total. The third-order valence-electron chi connectivity index (χ3n) is 3.19. The predicted molar refractivity (Wildman–Crippen MR) is 73.8 cm³/mol. The van der Waals surface area contributed by atoms with Gasteiger partial charge >= 0.3 is 6.03 Å². The molecule has 0 aliphatic carbocycles. The third-order valence-corrected chi connectivity index (χ3v) is 3.19. The van der Waals surface area contributed by atoms with E-state index in [0.29, 0.717) is 6.42 Å². The predicted octanol–water partition coefficient (Wildman–Crippen LogP) is 1.95. The summed E-state index contributed by atoms with van der Waals surface area (Å²) in [6.07, 6.45) is 4.12. The van der Waals surface area contributed by atoms with Crippen LogP contribution in [0.4, 0.5) is 9.18 Å². The molecule has 1 heterocycles. The van der Waals surface area contributed by atoms with Gasteiger partial charge in [-0.25, -0.2) is 9.18 Å². The highest BCUT2D eigenvalue weighted by molar-refractivity contribution is 6.19. The SMILES string of the molecule is C/C=C/CCN1C(=O)NC(=O)C(c2cccc(F)c2)C1=O. The van der Waals surface area contributed by atoms with Crippen molar-refractivity contribution in [3.8, 4) is 0 Å². The van der Waals surface area contributed by atoms with Crippen molar-refractivity contribution in [2.24, 2.45) is 0 Å². The van der Waals surface area contributed by atoms with Gasteiger partial charge in [0.1, 0.15) is 11.7 Å². The van der Waals surface area contributed by atoms with E-state index in [9.17, 15) is 18.8 Å². The molecular weight excluding hydrogens is 275 g/mol. The second-order valence-corrected chi connectivity index (χ2v) is 4.63. The van der Waals surface area contributed by atoms with E-state index in [0.717, 1.165) is 11.0 Å². The molecule has 1 aromatic carbocycles. The summed E-state index contributed by atoms with van der Waals surface area (Å²) in [5, 5.41) is 2.14. The maximum atomic E-state index is 13.3. The summed E-state index contributed by atoms with van der Waals surface area (Å²) in [4.78, 5) is 36.9. The zero-order valence-corrected chi connectivity index (χ0v) is 11.5. The minimum atomic E-state index is -1.19. The first-order valence-electron chi connectivity index (χ1n) is 6.57. The number of hydrogen-bond acceptors (Lipinski definition) is 3. The van der Waals surface area contributed by atoms with E-state index in [1.807, 2.05) is 19.1 Å². The molecule has 0 saturated carbocycles. The number of hydrogen-bond donors (Lipinski definition) is 1. The van der Waals surface area contributed by atoms with Crippen LogP contribution in [0.5, 0.6) is 0 Å². The maximum Gasteiger partial charge on any atom is 0.330 e. The quantitative estimate of drug-likeness (QED) is 0.681. The largest absolute Gasteiger partial charge is 0.330 e. The molecule has 21 heavy (non-hydrogen) atoms. The van der Waals surface area contributed by atoms with Gasteiger partial charge < -0.3 is 0 Å². The second kappa shape index (κ2) is 6.30. The fourth-order valence-electron chi connectivity index (χ4n) is 2.18. The van der Waals surface area contributed by atoms with Crippen LogP contribution in [0.15, 0.2) is 36.4 Å². The monoisotopic (exact) mass is 290 g/mol. The van der Waals surface area contributed by atoms with Crippen LogP contribution in [0.3, 0.4) is 0 Å². The van der Waals surface area contributed by atoms with Crippen LogP contribution < -0.4 is 5.32 Å². The Balaban J connectivity index is 2.26. The van der Waals surface area contributed by atoms with Gasteiger partial charge in [0.25, 0.3) is 0 Å². The Labute approximate surface area is 121 Å². The molecule has 4 amide bonds. The van der Waals surface area contributed by atoms with E-state index in [-0.39, 0.29) is 12.1 Å². The van der Waals surface area contributed by atoms with Crippen molar-refractivity contribution in [2.45, 2.75) is 19.3 Å². The number of imide groups is 2. The number of rotatable bonds is 4. The van der Waals surface area contributed by atoms with E-state index >= 15 is 0 Å².